The SMILES string of the molecule is Cc1cccc(OCC(=O)OC(C(N)=O)c2ccccc2)c1. The van der Waals surface area contributed by atoms with Crippen molar-refractivity contribution in [3.8, 4) is 5.75 Å². The first kappa shape index (κ1) is 15.6. The van der Waals surface area contributed by atoms with E-state index in [1.165, 1.54) is 0 Å². The summed E-state index contributed by atoms with van der Waals surface area (Å²) in [6.45, 7) is 1.63. The van der Waals surface area contributed by atoms with Crippen LogP contribution in [0.2, 0.25) is 0 Å². The minimum absolute atomic E-state index is 0.292. The van der Waals surface area contributed by atoms with Gasteiger partial charge < -0.3 is 15.2 Å². The second-order valence-electron chi connectivity index (χ2n) is 4.79. The Balaban J connectivity index is 1.96. The molecule has 2 rings (SSSR count). The lowest BCUT2D eigenvalue weighted by Crippen LogP contribution is -2.28. The van der Waals surface area contributed by atoms with E-state index in [9.17, 15) is 9.59 Å². The van der Waals surface area contributed by atoms with Gasteiger partial charge in [0, 0.05) is 5.56 Å². The average molecular weight is 299 g/mol. The van der Waals surface area contributed by atoms with Gasteiger partial charge in [-0.1, -0.05) is 42.5 Å². The molecule has 0 aliphatic rings. The molecule has 2 aromatic rings. The molecular formula is C17H17NO4. The third-order valence-electron chi connectivity index (χ3n) is 2.96. The van der Waals surface area contributed by atoms with E-state index in [0.717, 1.165) is 5.56 Å². The maximum absolute atomic E-state index is 11.8. The number of aryl methyl sites for hydroxylation is 1. The van der Waals surface area contributed by atoms with Crippen LogP contribution in [0.5, 0.6) is 5.75 Å². The van der Waals surface area contributed by atoms with Crippen LogP contribution in [0.3, 0.4) is 0 Å². The van der Waals surface area contributed by atoms with E-state index in [4.69, 9.17) is 15.2 Å². The first-order valence-corrected chi connectivity index (χ1v) is 6.79. The molecule has 0 saturated carbocycles. The molecule has 1 amide bonds. The van der Waals surface area contributed by atoms with Gasteiger partial charge in [-0.3, -0.25) is 4.79 Å². The van der Waals surface area contributed by atoms with Crippen LogP contribution in [-0.4, -0.2) is 18.5 Å². The van der Waals surface area contributed by atoms with Gasteiger partial charge in [-0.2, -0.15) is 0 Å². The second-order valence-corrected chi connectivity index (χ2v) is 4.79. The Morgan fingerprint density at radius 2 is 1.82 bits per heavy atom. The maximum Gasteiger partial charge on any atom is 0.345 e. The Morgan fingerprint density at radius 3 is 2.45 bits per heavy atom. The highest BCUT2D eigenvalue weighted by Crippen LogP contribution is 2.17. The van der Waals surface area contributed by atoms with Crippen LogP contribution in [0, 0.1) is 6.92 Å². The van der Waals surface area contributed by atoms with Gasteiger partial charge in [-0.25, -0.2) is 4.79 Å². The fourth-order valence-corrected chi connectivity index (χ4v) is 1.93. The molecule has 22 heavy (non-hydrogen) atoms. The van der Waals surface area contributed by atoms with Gasteiger partial charge in [0.2, 0.25) is 6.10 Å². The number of carbonyl (C=O) groups excluding carboxylic acids is 2. The van der Waals surface area contributed by atoms with Crippen LogP contribution in [0.25, 0.3) is 0 Å². The summed E-state index contributed by atoms with van der Waals surface area (Å²) in [5.74, 6) is -0.823. The summed E-state index contributed by atoms with van der Waals surface area (Å²) in [6, 6.07) is 15.9. The molecule has 0 aliphatic heterocycles. The van der Waals surface area contributed by atoms with Gasteiger partial charge in [-0.15, -0.1) is 0 Å². The van der Waals surface area contributed by atoms with E-state index in [1.54, 1.807) is 42.5 Å². The van der Waals surface area contributed by atoms with Gasteiger partial charge in [-0.05, 0) is 24.6 Å². The molecule has 0 bridgehead atoms. The number of rotatable bonds is 6. The van der Waals surface area contributed by atoms with E-state index in [2.05, 4.69) is 0 Å². The summed E-state index contributed by atoms with van der Waals surface area (Å²) in [4.78, 5) is 23.3. The smallest absolute Gasteiger partial charge is 0.345 e. The molecule has 0 heterocycles. The molecule has 0 spiro atoms. The molecule has 2 N–H and O–H groups in total. The van der Waals surface area contributed by atoms with Crippen LogP contribution >= 0.6 is 0 Å². The predicted molar refractivity (Wildman–Crippen MR) is 81.1 cm³/mol. The standard InChI is InChI=1S/C17H17NO4/c1-12-6-5-9-14(10-12)21-11-15(19)22-16(17(18)20)13-7-3-2-4-8-13/h2-10,16H,11H2,1H3,(H2,18,20). The minimum Gasteiger partial charge on any atom is -0.482 e. The summed E-state index contributed by atoms with van der Waals surface area (Å²) in [7, 11) is 0. The van der Waals surface area contributed by atoms with Gasteiger partial charge in [0.1, 0.15) is 5.75 Å². The van der Waals surface area contributed by atoms with Crippen LogP contribution < -0.4 is 10.5 Å². The van der Waals surface area contributed by atoms with Crippen molar-refractivity contribution in [1.82, 2.24) is 0 Å². The normalized spacial score (nSPS) is 11.5. The quantitative estimate of drug-likeness (QED) is 0.829. The first-order chi connectivity index (χ1) is 10.6. The Bertz CT molecular complexity index is 655. The van der Waals surface area contributed by atoms with Crippen LogP contribution in [0.4, 0.5) is 0 Å². The van der Waals surface area contributed by atoms with Crippen molar-refractivity contribution in [2.45, 2.75) is 13.0 Å². The van der Waals surface area contributed by atoms with Gasteiger partial charge in [0.15, 0.2) is 6.61 Å². The number of nitrogens with two attached hydrogens (primary N) is 1. The molecule has 1 atom stereocenters. The highest BCUT2D eigenvalue weighted by atomic mass is 16.6. The summed E-state index contributed by atoms with van der Waals surface area (Å²) >= 11 is 0. The second kappa shape index (κ2) is 7.26. The number of hydrogen-bond donors (Lipinski definition) is 1. The minimum atomic E-state index is -1.12. The number of benzene rings is 2. The molecular weight excluding hydrogens is 282 g/mol. The average Bonchev–Trinajstić information content (AvgIpc) is 2.51. The molecule has 5 nitrogen and oxygen atoms in total. The van der Waals surface area contributed by atoms with Crippen molar-refractivity contribution in [2.24, 2.45) is 5.73 Å². The molecule has 2 aromatic carbocycles. The van der Waals surface area contributed by atoms with E-state index in [1.807, 2.05) is 19.1 Å². The number of ether oxygens (including phenoxy) is 2. The molecule has 114 valence electrons. The topological polar surface area (TPSA) is 78.6 Å². The summed E-state index contributed by atoms with van der Waals surface area (Å²) in [5.41, 5.74) is 6.83. The van der Waals surface area contributed by atoms with Crippen LogP contribution in [0.1, 0.15) is 17.2 Å². The highest BCUT2D eigenvalue weighted by Gasteiger charge is 2.22. The lowest BCUT2D eigenvalue weighted by atomic mass is 10.1. The third kappa shape index (κ3) is 4.34. The van der Waals surface area contributed by atoms with Crippen LogP contribution in [-0.2, 0) is 14.3 Å². The maximum atomic E-state index is 11.8. The molecule has 0 saturated heterocycles. The number of esters is 1. The monoisotopic (exact) mass is 299 g/mol. The molecule has 1 unspecified atom stereocenters. The predicted octanol–water partition coefficient (Wildman–Crippen LogP) is 2.14. The zero-order valence-electron chi connectivity index (χ0n) is 12.2. The third-order valence-corrected chi connectivity index (χ3v) is 2.96. The van der Waals surface area contributed by atoms with E-state index >= 15 is 0 Å². The number of primary amides is 1. The molecule has 0 aromatic heterocycles. The van der Waals surface area contributed by atoms with Gasteiger partial charge >= 0.3 is 5.97 Å². The fourth-order valence-electron chi connectivity index (χ4n) is 1.93. The first-order valence-electron chi connectivity index (χ1n) is 6.79. The molecule has 5 heteroatoms. The zero-order chi connectivity index (χ0) is 15.9. The summed E-state index contributed by atoms with van der Waals surface area (Å²) < 4.78 is 10.4. The highest BCUT2D eigenvalue weighted by molar-refractivity contribution is 5.83. The lowest BCUT2D eigenvalue weighted by Gasteiger charge is -2.15. The van der Waals surface area contributed by atoms with Gasteiger partial charge in [0.25, 0.3) is 5.91 Å². The van der Waals surface area contributed by atoms with Gasteiger partial charge in [0.05, 0.1) is 0 Å². The Morgan fingerprint density at radius 1 is 1.09 bits per heavy atom. The van der Waals surface area contributed by atoms with Crippen molar-refractivity contribution in [3.63, 3.8) is 0 Å². The number of carbonyl (C=O) groups is 2. The molecule has 0 aliphatic carbocycles. The fraction of sp³-hybridized carbons (Fsp3) is 0.176. The molecule has 0 fully saturated rings. The van der Waals surface area contributed by atoms with Crippen molar-refractivity contribution in [3.05, 3.63) is 65.7 Å². The zero-order valence-corrected chi connectivity index (χ0v) is 12.2. The summed E-state index contributed by atoms with van der Waals surface area (Å²) in [6.07, 6.45) is -1.12. The van der Waals surface area contributed by atoms with Crippen molar-refractivity contribution in [2.75, 3.05) is 6.61 Å². The Labute approximate surface area is 128 Å². The largest absolute Gasteiger partial charge is 0.482 e. The van der Waals surface area contributed by atoms with E-state index in [-0.39, 0.29) is 6.61 Å². The number of amides is 1. The summed E-state index contributed by atoms with van der Waals surface area (Å²) in [5, 5.41) is 0. The van der Waals surface area contributed by atoms with Crippen LogP contribution in [0.15, 0.2) is 54.6 Å². The molecule has 0 radical (unpaired) electrons. The van der Waals surface area contributed by atoms with E-state index < -0.39 is 18.0 Å². The lowest BCUT2D eigenvalue weighted by molar-refractivity contribution is -0.157. The van der Waals surface area contributed by atoms with E-state index in [0.29, 0.717) is 11.3 Å². The Hall–Kier alpha value is -2.82. The van der Waals surface area contributed by atoms with Crippen molar-refractivity contribution >= 4 is 11.9 Å². The number of hydrogen-bond acceptors (Lipinski definition) is 4. The Kier molecular flexibility index (Phi) is 5.14. The van der Waals surface area contributed by atoms with Crippen molar-refractivity contribution < 1.29 is 19.1 Å². The van der Waals surface area contributed by atoms with Crippen molar-refractivity contribution in [1.29, 1.82) is 0 Å².